The Kier molecular flexibility index (Phi) is 3.46. The highest BCUT2D eigenvalue weighted by Crippen LogP contribution is 2.19. The fourth-order valence-corrected chi connectivity index (χ4v) is 1.63. The van der Waals surface area contributed by atoms with Crippen LogP contribution in [-0.4, -0.2) is 15.9 Å². The number of benzene rings is 1. The third-order valence-corrected chi connectivity index (χ3v) is 2.55. The summed E-state index contributed by atoms with van der Waals surface area (Å²) in [4.78, 5) is 17.9. The van der Waals surface area contributed by atoms with Gasteiger partial charge in [-0.2, -0.15) is 0 Å². The number of halogens is 2. The Labute approximate surface area is 107 Å². The molecular weight excluding hydrogens is 254 g/mol. The first kappa shape index (κ1) is 13.0. The molecule has 100 valence electrons. The van der Waals surface area contributed by atoms with Crippen molar-refractivity contribution in [3.8, 4) is 0 Å². The largest absolute Gasteiger partial charge is 0.377 e. The lowest BCUT2D eigenvalue weighted by Gasteiger charge is -2.08. The van der Waals surface area contributed by atoms with E-state index in [9.17, 15) is 13.6 Å². The molecule has 1 aromatic heterocycles. The lowest BCUT2D eigenvalue weighted by Crippen LogP contribution is -2.14. The first-order chi connectivity index (χ1) is 8.97. The van der Waals surface area contributed by atoms with Crippen molar-refractivity contribution in [2.75, 3.05) is 5.32 Å². The molecule has 1 amide bonds. The smallest absolute Gasteiger partial charge is 0.251 e. The minimum absolute atomic E-state index is 0.00227. The molecule has 2 aromatic rings. The van der Waals surface area contributed by atoms with Crippen molar-refractivity contribution in [1.29, 1.82) is 0 Å². The van der Waals surface area contributed by atoms with Crippen molar-refractivity contribution in [2.45, 2.75) is 13.5 Å². The van der Waals surface area contributed by atoms with E-state index >= 15 is 0 Å². The fraction of sp³-hybridized carbons (Fsp3) is 0.167. The van der Waals surface area contributed by atoms with Gasteiger partial charge in [0.1, 0.15) is 17.5 Å². The van der Waals surface area contributed by atoms with Gasteiger partial charge in [0.2, 0.25) is 0 Å². The predicted molar refractivity (Wildman–Crippen MR) is 65.5 cm³/mol. The van der Waals surface area contributed by atoms with Crippen LogP contribution in [0.1, 0.15) is 21.9 Å². The predicted octanol–water partition coefficient (Wildman–Crippen LogP) is 1.71. The first-order valence-electron chi connectivity index (χ1n) is 5.50. The van der Waals surface area contributed by atoms with E-state index in [1.54, 1.807) is 13.1 Å². The van der Waals surface area contributed by atoms with Crippen LogP contribution < -0.4 is 11.1 Å². The number of aryl methyl sites for hydroxylation is 1. The number of hydrogen-bond donors (Lipinski definition) is 3. The summed E-state index contributed by atoms with van der Waals surface area (Å²) in [7, 11) is 0. The molecule has 19 heavy (non-hydrogen) atoms. The van der Waals surface area contributed by atoms with Crippen molar-refractivity contribution in [2.24, 2.45) is 5.73 Å². The quantitative estimate of drug-likeness (QED) is 0.787. The Morgan fingerprint density at radius 1 is 1.42 bits per heavy atom. The molecular formula is C12H12F2N4O. The molecule has 1 aromatic carbocycles. The number of nitrogens with two attached hydrogens (primary N) is 1. The number of primary amides is 1. The number of H-pyrrole nitrogens is 1. The first-order valence-corrected chi connectivity index (χ1v) is 5.50. The van der Waals surface area contributed by atoms with Gasteiger partial charge in [0.25, 0.3) is 5.91 Å². The second-order valence-corrected chi connectivity index (χ2v) is 4.02. The number of aromatic nitrogens is 2. The number of imidazole rings is 1. The number of carbonyl (C=O) groups excluding carboxylic acids is 1. The Hall–Kier alpha value is -2.44. The monoisotopic (exact) mass is 266 g/mol. The summed E-state index contributed by atoms with van der Waals surface area (Å²) in [5.41, 5.74) is 5.38. The molecule has 0 spiro atoms. The Morgan fingerprint density at radius 3 is 2.74 bits per heavy atom. The maximum absolute atomic E-state index is 13.5. The molecule has 0 atom stereocenters. The molecule has 7 heteroatoms. The van der Waals surface area contributed by atoms with Crippen molar-refractivity contribution >= 4 is 11.6 Å². The molecule has 0 saturated carbocycles. The van der Waals surface area contributed by atoms with Crippen LogP contribution in [0.25, 0.3) is 0 Å². The van der Waals surface area contributed by atoms with Crippen LogP contribution in [0.3, 0.4) is 0 Å². The molecule has 0 fully saturated rings. The number of rotatable bonds is 4. The molecule has 4 N–H and O–H groups in total. The number of aromatic amines is 1. The van der Waals surface area contributed by atoms with Crippen LogP contribution in [0.2, 0.25) is 0 Å². The number of hydrogen-bond acceptors (Lipinski definition) is 3. The Bertz CT molecular complexity index is 624. The van der Waals surface area contributed by atoms with Gasteiger partial charge in [-0.3, -0.25) is 4.79 Å². The average molecular weight is 266 g/mol. The SMILES string of the molecule is Cc1ncc(CNc2cc(C(N)=O)c(F)cc2F)[nH]1. The molecule has 0 radical (unpaired) electrons. The molecule has 0 aliphatic heterocycles. The molecule has 0 aliphatic carbocycles. The van der Waals surface area contributed by atoms with Crippen LogP contribution in [0, 0.1) is 18.6 Å². The van der Waals surface area contributed by atoms with E-state index in [0.29, 0.717) is 6.07 Å². The zero-order valence-corrected chi connectivity index (χ0v) is 10.1. The van der Waals surface area contributed by atoms with Crippen LogP contribution in [0.4, 0.5) is 14.5 Å². The lowest BCUT2D eigenvalue weighted by molar-refractivity contribution is 0.0996. The summed E-state index contributed by atoms with van der Waals surface area (Å²) >= 11 is 0. The summed E-state index contributed by atoms with van der Waals surface area (Å²) in [6.07, 6.45) is 1.60. The van der Waals surface area contributed by atoms with Crippen molar-refractivity contribution in [1.82, 2.24) is 9.97 Å². The fourth-order valence-electron chi connectivity index (χ4n) is 1.63. The van der Waals surface area contributed by atoms with Gasteiger partial charge in [-0.25, -0.2) is 13.8 Å². The van der Waals surface area contributed by atoms with E-state index in [-0.39, 0.29) is 17.8 Å². The van der Waals surface area contributed by atoms with Crippen molar-refractivity contribution < 1.29 is 13.6 Å². The molecule has 0 bridgehead atoms. The van der Waals surface area contributed by atoms with Gasteiger partial charge in [0.15, 0.2) is 0 Å². The summed E-state index contributed by atoms with van der Waals surface area (Å²) in [6, 6.07) is 1.68. The Balaban J connectivity index is 2.20. The molecule has 5 nitrogen and oxygen atoms in total. The van der Waals surface area contributed by atoms with Crippen LogP contribution in [-0.2, 0) is 6.54 Å². The topological polar surface area (TPSA) is 83.8 Å². The van der Waals surface area contributed by atoms with Crippen LogP contribution >= 0.6 is 0 Å². The van der Waals surface area contributed by atoms with Gasteiger partial charge in [-0.15, -0.1) is 0 Å². The zero-order valence-electron chi connectivity index (χ0n) is 10.1. The second-order valence-electron chi connectivity index (χ2n) is 4.02. The van der Waals surface area contributed by atoms with Crippen LogP contribution in [0.5, 0.6) is 0 Å². The van der Waals surface area contributed by atoms with Gasteiger partial charge < -0.3 is 16.0 Å². The number of anilines is 1. The van der Waals surface area contributed by atoms with E-state index in [4.69, 9.17) is 5.73 Å². The van der Waals surface area contributed by atoms with Gasteiger partial charge in [-0.1, -0.05) is 0 Å². The van der Waals surface area contributed by atoms with Gasteiger partial charge in [0, 0.05) is 6.07 Å². The molecule has 0 saturated heterocycles. The zero-order chi connectivity index (χ0) is 14.0. The van der Waals surface area contributed by atoms with Gasteiger partial charge in [0.05, 0.1) is 29.7 Å². The van der Waals surface area contributed by atoms with Gasteiger partial charge >= 0.3 is 0 Å². The summed E-state index contributed by atoms with van der Waals surface area (Å²) in [5.74, 6) is -1.99. The molecule has 1 heterocycles. The van der Waals surface area contributed by atoms with E-state index in [1.165, 1.54) is 0 Å². The number of amides is 1. The van der Waals surface area contributed by atoms with Crippen molar-refractivity contribution in [3.05, 3.63) is 47.0 Å². The summed E-state index contributed by atoms with van der Waals surface area (Å²) in [5, 5.41) is 2.74. The highest BCUT2D eigenvalue weighted by atomic mass is 19.1. The molecule has 2 rings (SSSR count). The summed E-state index contributed by atoms with van der Waals surface area (Å²) < 4.78 is 26.8. The lowest BCUT2D eigenvalue weighted by atomic mass is 10.1. The third kappa shape index (κ3) is 2.87. The van der Waals surface area contributed by atoms with E-state index in [1.807, 2.05) is 0 Å². The molecule has 0 aliphatic rings. The minimum atomic E-state index is -0.979. The number of nitrogens with one attached hydrogen (secondary N) is 2. The highest BCUT2D eigenvalue weighted by Gasteiger charge is 2.13. The van der Waals surface area contributed by atoms with E-state index in [2.05, 4.69) is 15.3 Å². The average Bonchev–Trinajstić information content (AvgIpc) is 2.73. The maximum atomic E-state index is 13.5. The number of carbonyl (C=O) groups is 1. The second kappa shape index (κ2) is 5.05. The van der Waals surface area contributed by atoms with Crippen molar-refractivity contribution in [3.63, 3.8) is 0 Å². The van der Waals surface area contributed by atoms with Crippen LogP contribution in [0.15, 0.2) is 18.3 Å². The Morgan fingerprint density at radius 2 is 2.16 bits per heavy atom. The summed E-state index contributed by atoms with van der Waals surface area (Å²) in [6.45, 7) is 2.05. The maximum Gasteiger partial charge on any atom is 0.251 e. The number of nitrogens with zero attached hydrogens (tertiary/aromatic N) is 1. The van der Waals surface area contributed by atoms with E-state index < -0.39 is 17.5 Å². The standard InChI is InChI=1S/C12H12F2N4O/c1-6-16-4-7(18-6)5-17-11-2-8(12(15)19)9(13)3-10(11)14/h2-4,17H,5H2,1H3,(H2,15,19)(H,16,18). The normalized spacial score (nSPS) is 10.5. The third-order valence-electron chi connectivity index (χ3n) is 2.55. The highest BCUT2D eigenvalue weighted by molar-refractivity contribution is 5.94. The van der Waals surface area contributed by atoms with Gasteiger partial charge in [-0.05, 0) is 13.0 Å². The van der Waals surface area contributed by atoms with E-state index in [0.717, 1.165) is 17.6 Å². The molecule has 0 unspecified atom stereocenters. The minimum Gasteiger partial charge on any atom is -0.377 e.